The quantitative estimate of drug-likeness (QED) is 0.869. The lowest BCUT2D eigenvalue weighted by Gasteiger charge is -2.22. The summed E-state index contributed by atoms with van der Waals surface area (Å²) in [6.45, 7) is 7.73. The van der Waals surface area contributed by atoms with E-state index in [1.165, 1.54) is 24.0 Å². The standard InChI is InChI=1S/C18H29NO/c1-18(2,3)15-9-7-14(8-10-15)17(19-4)12-11-16-6-5-13-20-16/h7-10,16-17,19H,5-6,11-13H2,1-4H3. The van der Waals surface area contributed by atoms with Gasteiger partial charge in [-0.05, 0) is 49.3 Å². The zero-order valence-corrected chi connectivity index (χ0v) is 13.4. The Hall–Kier alpha value is -0.860. The summed E-state index contributed by atoms with van der Waals surface area (Å²) in [7, 11) is 2.05. The molecule has 112 valence electrons. The second kappa shape index (κ2) is 6.73. The molecule has 1 saturated heterocycles. The van der Waals surface area contributed by atoms with Crippen LogP contribution in [0, 0.1) is 0 Å². The normalized spacial score (nSPS) is 21.1. The van der Waals surface area contributed by atoms with Gasteiger partial charge in [-0.3, -0.25) is 0 Å². The Kier molecular flexibility index (Phi) is 5.22. The molecular formula is C18H29NO. The molecule has 2 rings (SSSR count). The summed E-state index contributed by atoms with van der Waals surface area (Å²) >= 11 is 0. The van der Waals surface area contributed by atoms with Crippen molar-refractivity contribution in [1.29, 1.82) is 0 Å². The van der Waals surface area contributed by atoms with Crippen LogP contribution in [0.5, 0.6) is 0 Å². The molecule has 2 heteroatoms. The lowest BCUT2D eigenvalue weighted by Crippen LogP contribution is -2.19. The van der Waals surface area contributed by atoms with E-state index in [1.807, 2.05) is 0 Å². The minimum Gasteiger partial charge on any atom is -0.378 e. The average Bonchev–Trinajstić information content (AvgIpc) is 2.92. The lowest BCUT2D eigenvalue weighted by atomic mass is 9.86. The Bertz CT molecular complexity index is 398. The largest absolute Gasteiger partial charge is 0.378 e. The number of hydrogen-bond donors (Lipinski definition) is 1. The SMILES string of the molecule is CNC(CCC1CCCO1)c1ccc(C(C)(C)C)cc1. The van der Waals surface area contributed by atoms with Gasteiger partial charge < -0.3 is 10.1 Å². The van der Waals surface area contributed by atoms with Gasteiger partial charge >= 0.3 is 0 Å². The summed E-state index contributed by atoms with van der Waals surface area (Å²) in [5.74, 6) is 0. The van der Waals surface area contributed by atoms with Crippen LogP contribution in [0.1, 0.15) is 63.6 Å². The van der Waals surface area contributed by atoms with Gasteiger partial charge in [-0.25, -0.2) is 0 Å². The van der Waals surface area contributed by atoms with Gasteiger partial charge in [0.25, 0.3) is 0 Å². The van der Waals surface area contributed by atoms with Crippen LogP contribution in [0.2, 0.25) is 0 Å². The minimum absolute atomic E-state index is 0.228. The van der Waals surface area contributed by atoms with E-state index in [4.69, 9.17) is 4.74 Å². The number of ether oxygens (including phenoxy) is 1. The van der Waals surface area contributed by atoms with E-state index in [1.54, 1.807) is 0 Å². The first-order chi connectivity index (χ1) is 9.50. The number of rotatable bonds is 5. The average molecular weight is 275 g/mol. The predicted molar refractivity (Wildman–Crippen MR) is 85.2 cm³/mol. The summed E-state index contributed by atoms with van der Waals surface area (Å²) in [5, 5.41) is 3.44. The summed E-state index contributed by atoms with van der Waals surface area (Å²) < 4.78 is 5.72. The molecule has 1 N–H and O–H groups in total. The zero-order chi connectivity index (χ0) is 14.6. The van der Waals surface area contributed by atoms with Crippen molar-refractivity contribution in [3.63, 3.8) is 0 Å². The molecule has 0 radical (unpaired) electrons. The zero-order valence-electron chi connectivity index (χ0n) is 13.4. The van der Waals surface area contributed by atoms with Crippen LogP contribution < -0.4 is 5.32 Å². The topological polar surface area (TPSA) is 21.3 Å². The van der Waals surface area contributed by atoms with Gasteiger partial charge in [-0.2, -0.15) is 0 Å². The first-order valence-corrected chi connectivity index (χ1v) is 7.90. The van der Waals surface area contributed by atoms with Crippen molar-refractivity contribution in [2.75, 3.05) is 13.7 Å². The highest BCUT2D eigenvalue weighted by Crippen LogP contribution is 2.27. The third kappa shape index (κ3) is 4.07. The maximum Gasteiger partial charge on any atom is 0.0576 e. The van der Waals surface area contributed by atoms with Gasteiger partial charge in [-0.15, -0.1) is 0 Å². The smallest absolute Gasteiger partial charge is 0.0576 e. The molecule has 2 nitrogen and oxygen atoms in total. The molecule has 0 amide bonds. The summed E-state index contributed by atoms with van der Waals surface area (Å²) in [5.41, 5.74) is 3.01. The van der Waals surface area contributed by atoms with Crippen LogP contribution in [0.15, 0.2) is 24.3 Å². The fraction of sp³-hybridized carbons (Fsp3) is 0.667. The Labute approximate surface area is 123 Å². The molecule has 0 aromatic heterocycles. The van der Waals surface area contributed by atoms with E-state index in [-0.39, 0.29) is 5.41 Å². The lowest BCUT2D eigenvalue weighted by molar-refractivity contribution is 0.0998. The first-order valence-electron chi connectivity index (χ1n) is 7.90. The highest BCUT2D eigenvalue weighted by molar-refractivity contribution is 5.29. The van der Waals surface area contributed by atoms with Crippen LogP contribution in [0.3, 0.4) is 0 Å². The molecule has 1 aromatic carbocycles. The van der Waals surface area contributed by atoms with Crippen molar-refractivity contribution in [2.45, 2.75) is 64.0 Å². The van der Waals surface area contributed by atoms with Gasteiger partial charge in [0.1, 0.15) is 0 Å². The fourth-order valence-electron chi connectivity index (χ4n) is 2.92. The van der Waals surface area contributed by atoms with E-state index in [9.17, 15) is 0 Å². The molecule has 1 aliphatic heterocycles. The van der Waals surface area contributed by atoms with Gasteiger partial charge in [0, 0.05) is 12.6 Å². The van der Waals surface area contributed by atoms with Crippen LogP contribution in [0.25, 0.3) is 0 Å². The van der Waals surface area contributed by atoms with Gasteiger partial charge in [0.05, 0.1) is 6.10 Å². The molecule has 0 aliphatic carbocycles. The summed E-state index contributed by atoms with van der Waals surface area (Å²) in [6, 6.07) is 9.53. The van der Waals surface area contributed by atoms with Crippen molar-refractivity contribution in [3.8, 4) is 0 Å². The fourth-order valence-corrected chi connectivity index (χ4v) is 2.92. The third-order valence-electron chi connectivity index (χ3n) is 4.33. The highest BCUT2D eigenvalue weighted by atomic mass is 16.5. The Morgan fingerprint density at radius 1 is 1.25 bits per heavy atom. The van der Waals surface area contributed by atoms with E-state index < -0.39 is 0 Å². The van der Waals surface area contributed by atoms with Gasteiger partial charge in [0.15, 0.2) is 0 Å². The molecular weight excluding hydrogens is 246 g/mol. The van der Waals surface area contributed by atoms with E-state index in [0.29, 0.717) is 12.1 Å². The predicted octanol–water partition coefficient (Wildman–Crippen LogP) is 4.20. The van der Waals surface area contributed by atoms with Crippen LogP contribution in [-0.2, 0) is 10.2 Å². The van der Waals surface area contributed by atoms with Crippen LogP contribution >= 0.6 is 0 Å². The van der Waals surface area contributed by atoms with Crippen LogP contribution in [0.4, 0.5) is 0 Å². The summed E-state index contributed by atoms with van der Waals surface area (Å²) in [4.78, 5) is 0. The van der Waals surface area contributed by atoms with E-state index in [0.717, 1.165) is 19.4 Å². The molecule has 0 spiro atoms. The van der Waals surface area contributed by atoms with E-state index >= 15 is 0 Å². The third-order valence-corrected chi connectivity index (χ3v) is 4.33. The van der Waals surface area contributed by atoms with Gasteiger partial charge in [0.2, 0.25) is 0 Å². The summed E-state index contributed by atoms with van der Waals surface area (Å²) in [6.07, 6.45) is 5.26. The Balaban J connectivity index is 1.96. The molecule has 1 aliphatic rings. The number of nitrogens with one attached hydrogen (secondary N) is 1. The maximum atomic E-state index is 5.72. The molecule has 1 aromatic rings. The molecule has 20 heavy (non-hydrogen) atoms. The first kappa shape index (κ1) is 15.5. The van der Waals surface area contributed by atoms with Gasteiger partial charge in [-0.1, -0.05) is 45.0 Å². The van der Waals surface area contributed by atoms with Crippen molar-refractivity contribution in [3.05, 3.63) is 35.4 Å². The minimum atomic E-state index is 0.228. The number of hydrogen-bond acceptors (Lipinski definition) is 2. The Morgan fingerprint density at radius 3 is 2.45 bits per heavy atom. The van der Waals surface area contributed by atoms with Crippen molar-refractivity contribution >= 4 is 0 Å². The van der Waals surface area contributed by atoms with Crippen LogP contribution in [-0.4, -0.2) is 19.8 Å². The molecule has 1 heterocycles. The van der Waals surface area contributed by atoms with Crippen molar-refractivity contribution in [1.82, 2.24) is 5.32 Å². The highest BCUT2D eigenvalue weighted by Gasteiger charge is 2.19. The second-order valence-corrected chi connectivity index (χ2v) is 6.93. The van der Waals surface area contributed by atoms with E-state index in [2.05, 4.69) is 57.4 Å². The van der Waals surface area contributed by atoms with Crippen molar-refractivity contribution in [2.24, 2.45) is 0 Å². The maximum absolute atomic E-state index is 5.72. The molecule has 0 saturated carbocycles. The number of benzene rings is 1. The molecule has 2 unspecified atom stereocenters. The molecule has 2 atom stereocenters. The monoisotopic (exact) mass is 275 g/mol. The molecule has 0 bridgehead atoms. The van der Waals surface area contributed by atoms with Crippen molar-refractivity contribution < 1.29 is 4.74 Å². The second-order valence-electron chi connectivity index (χ2n) is 6.93. The molecule has 1 fully saturated rings. The Morgan fingerprint density at radius 2 is 1.95 bits per heavy atom.